The molecule has 0 aromatic heterocycles. The Balaban J connectivity index is 2.07. The van der Waals surface area contributed by atoms with Crippen molar-refractivity contribution in [2.24, 2.45) is 5.92 Å². The highest BCUT2D eigenvalue weighted by molar-refractivity contribution is 5.76. The number of nitrogens with zero attached hydrogens (tertiary/aromatic N) is 1. The lowest BCUT2D eigenvalue weighted by Gasteiger charge is -2.22. The highest BCUT2D eigenvalue weighted by Gasteiger charge is 2.17. The lowest BCUT2D eigenvalue weighted by Crippen LogP contribution is -2.35. The first kappa shape index (κ1) is 14.5. The zero-order valence-corrected chi connectivity index (χ0v) is 11.2. The van der Waals surface area contributed by atoms with Crippen LogP contribution in [-0.2, 0) is 9.53 Å². The van der Waals surface area contributed by atoms with Crippen molar-refractivity contribution in [1.82, 2.24) is 10.2 Å². The molecule has 100 valence electrons. The van der Waals surface area contributed by atoms with Crippen LogP contribution in [0.3, 0.4) is 0 Å². The number of rotatable bonds is 7. The fourth-order valence-electron chi connectivity index (χ4n) is 2.18. The molecule has 1 saturated heterocycles. The Bertz CT molecular complexity index is 211. The molecule has 0 spiro atoms. The third-order valence-electron chi connectivity index (χ3n) is 3.46. The van der Waals surface area contributed by atoms with Crippen LogP contribution in [0.1, 0.15) is 33.1 Å². The van der Waals surface area contributed by atoms with Crippen molar-refractivity contribution in [3.05, 3.63) is 0 Å². The average Bonchev–Trinajstić information content (AvgIpc) is 2.36. The SMILES string of the molecule is CCN(CC)CCNC(=O)CC1CCOCC1. The lowest BCUT2D eigenvalue weighted by molar-refractivity contribution is -0.122. The quantitative estimate of drug-likeness (QED) is 0.731. The number of carbonyl (C=O) groups excluding carboxylic acids is 1. The van der Waals surface area contributed by atoms with Gasteiger partial charge in [0.25, 0.3) is 0 Å². The molecule has 0 aromatic carbocycles. The van der Waals surface area contributed by atoms with Crippen LogP contribution in [0.15, 0.2) is 0 Å². The molecule has 0 aromatic rings. The fraction of sp³-hybridized carbons (Fsp3) is 0.923. The van der Waals surface area contributed by atoms with Gasteiger partial charge in [0.2, 0.25) is 5.91 Å². The van der Waals surface area contributed by atoms with E-state index in [4.69, 9.17) is 4.74 Å². The molecule has 0 aliphatic carbocycles. The monoisotopic (exact) mass is 242 g/mol. The van der Waals surface area contributed by atoms with E-state index in [1.54, 1.807) is 0 Å². The van der Waals surface area contributed by atoms with E-state index in [2.05, 4.69) is 24.1 Å². The van der Waals surface area contributed by atoms with Crippen LogP contribution in [0.25, 0.3) is 0 Å². The molecule has 1 fully saturated rings. The van der Waals surface area contributed by atoms with Crippen molar-refractivity contribution in [1.29, 1.82) is 0 Å². The minimum absolute atomic E-state index is 0.198. The Morgan fingerprint density at radius 3 is 2.53 bits per heavy atom. The molecule has 0 unspecified atom stereocenters. The summed E-state index contributed by atoms with van der Waals surface area (Å²) in [6.45, 7) is 9.74. The lowest BCUT2D eigenvalue weighted by atomic mass is 9.96. The minimum atomic E-state index is 0.198. The van der Waals surface area contributed by atoms with Gasteiger partial charge in [-0.3, -0.25) is 4.79 Å². The van der Waals surface area contributed by atoms with Crippen molar-refractivity contribution < 1.29 is 9.53 Å². The van der Waals surface area contributed by atoms with E-state index in [9.17, 15) is 4.79 Å². The summed E-state index contributed by atoms with van der Waals surface area (Å²) in [6, 6.07) is 0. The van der Waals surface area contributed by atoms with Gasteiger partial charge in [0.05, 0.1) is 0 Å². The summed E-state index contributed by atoms with van der Waals surface area (Å²) < 4.78 is 5.28. The topological polar surface area (TPSA) is 41.6 Å². The van der Waals surface area contributed by atoms with Crippen LogP contribution < -0.4 is 5.32 Å². The largest absolute Gasteiger partial charge is 0.381 e. The van der Waals surface area contributed by atoms with Gasteiger partial charge in [-0.05, 0) is 31.8 Å². The van der Waals surface area contributed by atoms with Gasteiger partial charge in [-0.15, -0.1) is 0 Å². The van der Waals surface area contributed by atoms with E-state index in [0.29, 0.717) is 12.3 Å². The van der Waals surface area contributed by atoms with Crippen LogP contribution in [0.2, 0.25) is 0 Å². The normalized spacial score (nSPS) is 17.4. The molecular weight excluding hydrogens is 216 g/mol. The summed E-state index contributed by atoms with van der Waals surface area (Å²) in [6.07, 6.45) is 2.73. The number of ether oxygens (including phenoxy) is 1. The van der Waals surface area contributed by atoms with Crippen LogP contribution in [-0.4, -0.2) is 50.2 Å². The van der Waals surface area contributed by atoms with Crippen LogP contribution in [0.4, 0.5) is 0 Å². The van der Waals surface area contributed by atoms with Crippen molar-refractivity contribution in [3.8, 4) is 0 Å². The summed E-state index contributed by atoms with van der Waals surface area (Å²) in [7, 11) is 0. The van der Waals surface area contributed by atoms with E-state index in [0.717, 1.165) is 52.2 Å². The third kappa shape index (κ3) is 6.03. The molecule has 1 amide bonds. The van der Waals surface area contributed by atoms with Gasteiger partial charge in [-0.25, -0.2) is 0 Å². The number of amides is 1. The second-order valence-corrected chi connectivity index (χ2v) is 4.64. The highest BCUT2D eigenvalue weighted by Crippen LogP contribution is 2.17. The van der Waals surface area contributed by atoms with E-state index < -0.39 is 0 Å². The number of likely N-dealkylation sites (N-methyl/N-ethyl adjacent to an activating group) is 1. The van der Waals surface area contributed by atoms with E-state index in [1.165, 1.54) is 0 Å². The Morgan fingerprint density at radius 2 is 1.94 bits per heavy atom. The first-order chi connectivity index (χ1) is 8.26. The zero-order chi connectivity index (χ0) is 12.5. The Morgan fingerprint density at radius 1 is 1.29 bits per heavy atom. The van der Waals surface area contributed by atoms with Crippen molar-refractivity contribution >= 4 is 5.91 Å². The second-order valence-electron chi connectivity index (χ2n) is 4.64. The molecule has 1 N–H and O–H groups in total. The maximum Gasteiger partial charge on any atom is 0.220 e. The molecule has 17 heavy (non-hydrogen) atoms. The van der Waals surface area contributed by atoms with Gasteiger partial charge in [0.1, 0.15) is 0 Å². The summed E-state index contributed by atoms with van der Waals surface area (Å²) in [4.78, 5) is 14.0. The van der Waals surface area contributed by atoms with Gasteiger partial charge in [0, 0.05) is 32.7 Å². The maximum absolute atomic E-state index is 11.7. The van der Waals surface area contributed by atoms with Gasteiger partial charge >= 0.3 is 0 Å². The Kier molecular flexibility index (Phi) is 7.21. The smallest absolute Gasteiger partial charge is 0.220 e. The first-order valence-corrected chi connectivity index (χ1v) is 6.83. The Labute approximate surface area is 105 Å². The molecule has 1 rings (SSSR count). The first-order valence-electron chi connectivity index (χ1n) is 6.83. The summed E-state index contributed by atoms with van der Waals surface area (Å²) in [5.74, 6) is 0.723. The van der Waals surface area contributed by atoms with E-state index >= 15 is 0 Å². The fourth-order valence-corrected chi connectivity index (χ4v) is 2.18. The molecule has 0 saturated carbocycles. The second kappa shape index (κ2) is 8.48. The molecule has 4 heteroatoms. The number of nitrogens with one attached hydrogen (secondary N) is 1. The standard InChI is InChI=1S/C13H26N2O2/c1-3-15(4-2)8-7-14-13(16)11-12-5-9-17-10-6-12/h12H,3-11H2,1-2H3,(H,14,16). The predicted molar refractivity (Wildman–Crippen MR) is 69.0 cm³/mol. The van der Waals surface area contributed by atoms with E-state index in [1.807, 2.05) is 0 Å². The molecule has 0 radical (unpaired) electrons. The molecule has 1 aliphatic heterocycles. The number of hydrogen-bond acceptors (Lipinski definition) is 3. The Hall–Kier alpha value is -0.610. The van der Waals surface area contributed by atoms with Gasteiger partial charge in [-0.1, -0.05) is 13.8 Å². The van der Waals surface area contributed by atoms with Crippen LogP contribution in [0.5, 0.6) is 0 Å². The van der Waals surface area contributed by atoms with Gasteiger partial charge in [-0.2, -0.15) is 0 Å². The third-order valence-corrected chi connectivity index (χ3v) is 3.46. The van der Waals surface area contributed by atoms with Gasteiger partial charge in [0.15, 0.2) is 0 Å². The van der Waals surface area contributed by atoms with Crippen molar-refractivity contribution in [2.75, 3.05) is 39.4 Å². The van der Waals surface area contributed by atoms with Crippen molar-refractivity contribution in [2.45, 2.75) is 33.1 Å². The summed E-state index contributed by atoms with van der Waals surface area (Å²) in [5.41, 5.74) is 0. The van der Waals surface area contributed by atoms with Crippen LogP contribution >= 0.6 is 0 Å². The van der Waals surface area contributed by atoms with Gasteiger partial charge < -0.3 is 15.0 Å². The number of hydrogen-bond donors (Lipinski definition) is 1. The molecular formula is C13H26N2O2. The predicted octanol–water partition coefficient (Wildman–Crippen LogP) is 1.26. The molecule has 0 atom stereocenters. The zero-order valence-electron chi connectivity index (χ0n) is 11.2. The molecule has 1 aliphatic rings. The average molecular weight is 242 g/mol. The molecule has 1 heterocycles. The number of carbonyl (C=O) groups is 1. The minimum Gasteiger partial charge on any atom is -0.381 e. The maximum atomic E-state index is 11.7. The van der Waals surface area contributed by atoms with Crippen LogP contribution in [0, 0.1) is 5.92 Å². The highest BCUT2D eigenvalue weighted by atomic mass is 16.5. The van der Waals surface area contributed by atoms with E-state index in [-0.39, 0.29) is 5.91 Å². The molecule has 0 bridgehead atoms. The summed E-state index contributed by atoms with van der Waals surface area (Å²) in [5, 5.41) is 3.01. The molecule has 4 nitrogen and oxygen atoms in total. The summed E-state index contributed by atoms with van der Waals surface area (Å²) >= 11 is 0. The van der Waals surface area contributed by atoms with Crippen molar-refractivity contribution in [3.63, 3.8) is 0 Å².